The van der Waals surface area contributed by atoms with Crippen LogP contribution >= 0.6 is 15.9 Å². The fourth-order valence-corrected chi connectivity index (χ4v) is 2.91. The maximum atomic E-state index is 9.69. The first-order valence-corrected chi connectivity index (χ1v) is 10.7. The van der Waals surface area contributed by atoms with Crippen molar-refractivity contribution in [3.8, 4) is 5.88 Å². The van der Waals surface area contributed by atoms with Crippen molar-refractivity contribution in [3.05, 3.63) is 70.3 Å². The second-order valence-electron chi connectivity index (χ2n) is 6.74. The third-order valence-corrected chi connectivity index (χ3v) is 4.62. The highest BCUT2D eigenvalue weighted by Crippen LogP contribution is 2.42. The van der Waals surface area contributed by atoms with E-state index < -0.39 is 0 Å². The highest BCUT2D eigenvalue weighted by atomic mass is 79.9. The smallest absolute Gasteiger partial charge is 0.213 e. The molecule has 0 amide bonds. The minimum absolute atomic E-state index is 0.0185. The van der Waals surface area contributed by atoms with Gasteiger partial charge in [-0.3, -0.25) is 4.79 Å². The molecule has 1 fully saturated rings. The van der Waals surface area contributed by atoms with E-state index in [1.165, 1.54) is 35.9 Å². The Kier molecular flexibility index (Phi) is 11.4. The highest BCUT2D eigenvalue weighted by Gasteiger charge is 2.24. The van der Waals surface area contributed by atoms with E-state index in [-0.39, 0.29) is 5.78 Å². The number of carbonyl (C=O) groups excluding carboxylic acids is 1. The normalized spacial score (nSPS) is 12.0. The van der Waals surface area contributed by atoms with Crippen LogP contribution in [0.3, 0.4) is 0 Å². The number of aryl methyl sites for hydroxylation is 2. The molecular formula is C24H32BrNO2. The number of hydrogen-bond acceptors (Lipinski definition) is 3. The second-order valence-corrected chi connectivity index (χ2v) is 7.66. The Labute approximate surface area is 178 Å². The van der Waals surface area contributed by atoms with Gasteiger partial charge in [-0.2, -0.15) is 0 Å². The van der Waals surface area contributed by atoms with Crippen LogP contribution < -0.4 is 4.74 Å². The van der Waals surface area contributed by atoms with Gasteiger partial charge < -0.3 is 4.74 Å². The van der Waals surface area contributed by atoms with Gasteiger partial charge in [0.15, 0.2) is 5.78 Å². The average molecular weight is 446 g/mol. The van der Waals surface area contributed by atoms with E-state index in [1.54, 1.807) is 5.56 Å². The first-order chi connectivity index (χ1) is 13.4. The van der Waals surface area contributed by atoms with Gasteiger partial charge in [-0.15, -0.1) is 0 Å². The third-order valence-electron chi connectivity index (χ3n) is 4.13. The van der Waals surface area contributed by atoms with Crippen molar-refractivity contribution >= 4 is 21.7 Å². The molecule has 3 nitrogen and oxygen atoms in total. The number of carbonyl (C=O) groups is 1. The predicted molar refractivity (Wildman–Crippen MR) is 121 cm³/mol. The lowest BCUT2D eigenvalue weighted by atomic mass is 10.1. The second kappa shape index (κ2) is 13.3. The maximum absolute atomic E-state index is 9.69. The van der Waals surface area contributed by atoms with Gasteiger partial charge in [0.05, 0.1) is 6.61 Å². The molecule has 0 atom stereocenters. The van der Waals surface area contributed by atoms with Gasteiger partial charge in [-0.05, 0) is 81.4 Å². The molecule has 0 radical (unpaired) electrons. The van der Waals surface area contributed by atoms with Gasteiger partial charge >= 0.3 is 0 Å². The van der Waals surface area contributed by atoms with Crippen LogP contribution in [0.5, 0.6) is 5.88 Å². The minimum atomic E-state index is 0.0185. The Bertz CT molecular complexity index is 733. The Balaban J connectivity index is 0.000000228. The van der Waals surface area contributed by atoms with E-state index in [0.29, 0.717) is 6.61 Å². The van der Waals surface area contributed by atoms with Crippen LogP contribution in [0.4, 0.5) is 0 Å². The first-order valence-electron chi connectivity index (χ1n) is 9.89. The zero-order chi connectivity index (χ0) is 20.9. The van der Waals surface area contributed by atoms with Crippen molar-refractivity contribution in [1.82, 2.24) is 4.98 Å². The minimum Gasteiger partial charge on any atom is -0.478 e. The number of pyridine rings is 1. The summed E-state index contributed by atoms with van der Waals surface area (Å²) in [7, 11) is 0. The summed E-state index contributed by atoms with van der Waals surface area (Å²) in [5.74, 6) is 1.63. The largest absolute Gasteiger partial charge is 0.478 e. The molecule has 1 heterocycles. The summed E-state index contributed by atoms with van der Waals surface area (Å²) in [5.41, 5.74) is 4.10. The molecule has 3 rings (SSSR count). The molecule has 0 spiro atoms. The molecule has 0 N–H and O–H groups in total. The van der Waals surface area contributed by atoms with Crippen molar-refractivity contribution in [3.63, 3.8) is 0 Å². The quantitative estimate of drug-likeness (QED) is 0.457. The summed E-state index contributed by atoms with van der Waals surface area (Å²) >= 11 is 3.49. The maximum Gasteiger partial charge on any atom is 0.213 e. The molecule has 0 saturated heterocycles. The Hall–Kier alpha value is -1.94. The number of hydrogen-bond donors (Lipinski definition) is 0. The van der Waals surface area contributed by atoms with Crippen LogP contribution in [0.2, 0.25) is 0 Å². The molecule has 0 bridgehead atoms. The molecule has 2 aromatic rings. The number of ether oxygens (including phenoxy) is 1. The average Bonchev–Trinajstić information content (AvgIpc) is 3.51. The van der Waals surface area contributed by atoms with Crippen molar-refractivity contribution in [2.45, 2.75) is 59.3 Å². The van der Waals surface area contributed by atoms with Crippen LogP contribution in [-0.2, 0) is 11.2 Å². The lowest BCUT2D eigenvalue weighted by molar-refractivity contribution is -0.112. The molecule has 1 aromatic carbocycles. The fourth-order valence-electron chi connectivity index (χ4n) is 2.53. The molecule has 0 aliphatic heterocycles. The Morgan fingerprint density at radius 1 is 1.29 bits per heavy atom. The highest BCUT2D eigenvalue weighted by molar-refractivity contribution is 9.10. The van der Waals surface area contributed by atoms with E-state index in [9.17, 15) is 4.79 Å². The van der Waals surface area contributed by atoms with Gasteiger partial charge in [0, 0.05) is 16.2 Å². The van der Waals surface area contributed by atoms with Gasteiger partial charge in [-0.25, -0.2) is 4.98 Å². The number of nitrogens with zero attached hydrogens (tertiary/aromatic N) is 1. The van der Waals surface area contributed by atoms with E-state index in [0.717, 1.165) is 30.3 Å². The van der Waals surface area contributed by atoms with E-state index >= 15 is 0 Å². The lowest BCUT2D eigenvalue weighted by Gasteiger charge is -2.03. The Morgan fingerprint density at radius 3 is 2.50 bits per heavy atom. The van der Waals surface area contributed by atoms with Crippen molar-refractivity contribution in [1.29, 1.82) is 0 Å². The topological polar surface area (TPSA) is 39.2 Å². The van der Waals surface area contributed by atoms with Crippen LogP contribution in [0, 0.1) is 6.92 Å². The van der Waals surface area contributed by atoms with Gasteiger partial charge in [-0.1, -0.05) is 48.0 Å². The van der Waals surface area contributed by atoms with Crippen LogP contribution in [0.1, 0.15) is 62.8 Å². The number of halogens is 1. The first kappa shape index (κ1) is 24.1. The summed E-state index contributed by atoms with van der Waals surface area (Å²) in [6.07, 6.45) is 6.21. The van der Waals surface area contributed by atoms with Gasteiger partial charge in [0.25, 0.3) is 0 Å². The van der Waals surface area contributed by atoms with E-state index in [1.807, 2.05) is 25.1 Å². The zero-order valence-corrected chi connectivity index (χ0v) is 19.1. The molecule has 1 saturated carbocycles. The number of benzene rings is 1. The third kappa shape index (κ3) is 9.84. The fraction of sp³-hybridized carbons (Fsp3) is 0.417. The number of rotatable bonds is 6. The van der Waals surface area contributed by atoms with Crippen molar-refractivity contribution < 1.29 is 9.53 Å². The molecule has 28 heavy (non-hydrogen) atoms. The van der Waals surface area contributed by atoms with Gasteiger partial charge in [0.2, 0.25) is 5.88 Å². The SMILES string of the molecule is C=CC(C)=O.CCCc1cccc(OCC)n1.Cc1ccc(Br)cc1C1CC1. The predicted octanol–water partition coefficient (Wildman–Crippen LogP) is 6.83. The molecule has 152 valence electrons. The van der Waals surface area contributed by atoms with Crippen molar-refractivity contribution in [2.75, 3.05) is 6.61 Å². The Morgan fingerprint density at radius 2 is 1.96 bits per heavy atom. The summed E-state index contributed by atoms with van der Waals surface area (Å²) in [4.78, 5) is 14.0. The summed E-state index contributed by atoms with van der Waals surface area (Å²) < 4.78 is 6.49. The van der Waals surface area contributed by atoms with Crippen molar-refractivity contribution in [2.24, 2.45) is 0 Å². The summed E-state index contributed by atoms with van der Waals surface area (Å²) in [6.45, 7) is 11.7. The molecular weight excluding hydrogens is 414 g/mol. The van der Waals surface area contributed by atoms with Gasteiger partial charge in [0.1, 0.15) is 0 Å². The number of ketones is 1. The van der Waals surface area contributed by atoms with Crippen LogP contribution in [0.25, 0.3) is 0 Å². The summed E-state index contributed by atoms with van der Waals surface area (Å²) in [5, 5.41) is 0. The molecule has 1 aromatic heterocycles. The number of allylic oxidation sites excluding steroid dienone is 1. The summed E-state index contributed by atoms with van der Waals surface area (Å²) in [6, 6.07) is 12.5. The molecule has 1 aliphatic carbocycles. The molecule has 4 heteroatoms. The van der Waals surface area contributed by atoms with E-state index in [2.05, 4.69) is 59.5 Å². The standard InChI is InChI=1S/C10H11Br.C10H15NO.C4H6O/c1-7-2-5-9(11)6-10(7)8-3-4-8;1-3-6-9-7-5-8-10(11-9)12-4-2;1-3-4(2)5/h2,5-6,8H,3-4H2,1H3;5,7-8H,3-4,6H2,1-2H3;3H,1H2,2H3. The lowest BCUT2D eigenvalue weighted by Crippen LogP contribution is -1.96. The van der Waals surface area contributed by atoms with Crippen LogP contribution in [-0.4, -0.2) is 17.4 Å². The molecule has 1 aliphatic rings. The van der Waals surface area contributed by atoms with E-state index in [4.69, 9.17) is 4.74 Å². The van der Waals surface area contributed by atoms with Crippen LogP contribution in [0.15, 0.2) is 53.5 Å². The monoisotopic (exact) mass is 445 g/mol. The number of aromatic nitrogens is 1. The zero-order valence-electron chi connectivity index (χ0n) is 17.5. The molecule has 0 unspecified atom stereocenters.